The van der Waals surface area contributed by atoms with Crippen LogP contribution in [0.1, 0.15) is 32.1 Å². The molecule has 4 nitrogen and oxygen atoms in total. The second-order valence-corrected chi connectivity index (χ2v) is 5.06. The molecule has 86 valence electrons. The molecule has 2 aliphatic rings. The van der Waals surface area contributed by atoms with Crippen molar-refractivity contribution in [3.8, 4) is 0 Å². The Balaban J connectivity index is 1.80. The molecule has 4 unspecified atom stereocenters. The number of carboxylic acids is 1. The van der Waals surface area contributed by atoms with E-state index in [0.717, 1.165) is 19.3 Å². The Kier molecular flexibility index (Phi) is 3.49. The molecule has 1 aliphatic heterocycles. The molecular weight excluding hydrogens is 216 g/mol. The van der Waals surface area contributed by atoms with E-state index < -0.39 is 5.97 Å². The second kappa shape index (κ2) is 4.68. The van der Waals surface area contributed by atoms with Gasteiger partial charge in [0.05, 0.1) is 6.17 Å². The number of nitrogens with one attached hydrogen (secondary N) is 2. The summed E-state index contributed by atoms with van der Waals surface area (Å²) in [6.07, 6.45) is 4.16. The molecule has 3 N–H and O–H groups in total. The van der Waals surface area contributed by atoms with Gasteiger partial charge in [0.15, 0.2) is 0 Å². The third-order valence-electron chi connectivity index (χ3n) is 3.26. The summed E-state index contributed by atoms with van der Waals surface area (Å²) in [6.45, 7) is 0. The average Bonchev–Trinajstić information content (AvgIpc) is 2.56. The predicted octanol–water partition coefficient (Wildman–Crippen LogP) is 0.899. The number of halogens is 1. The topological polar surface area (TPSA) is 61.4 Å². The summed E-state index contributed by atoms with van der Waals surface area (Å²) in [4.78, 5) is 10.4. The maximum atomic E-state index is 10.4. The van der Waals surface area contributed by atoms with Crippen LogP contribution in [0.5, 0.6) is 0 Å². The predicted molar refractivity (Wildman–Crippen MR) is 58.0 cm³/mol. The maximum absolute atomic E-state index is 10.4. The Morgan fingerprint density at radius 2 is 2.07 bits per heavy atom. The summed E-state index contributed by atoms with van der Waals surface area (Å²) in [5, 5.41) is 15.7. The van der Waals surface area contributed by atoms with Crippen molar-refractivity contribution in [2.45, 2.75) is 55.7 Å². The number of carbonyl (C=O) groups is 1. The highest BCUT2D eigenvalue weighted by atomic mass is 35.5. The minimum absolute atomic E-state index is 0.151. The number of carboxylic acid groups (broad SMARTS) is 1. The van der Waals surface area contributed by atoms with E-state index in [0.29, 0.717) is 18.5 Å². The molecule has 1 saturated heterocycles. The Hall–Kier alpha value is -0.320. The molecule has 0 aromatic rings. The van der Waals surface area contributed by atoms with E-state index >= 15 is 0 Å². The first-order valence-corrected chi connectivity index (χ1v) is 5.97. The number of hydrogen-bond donors (Lipinski definition) is 3. The quantitative estimate of drug-likeness (QED) is 0.633. The zero-order chi connectivity index (χ0) is 10.8. The molecule has 1 heterocycles. The van der Waals surface area contributed by atoms with E-state index in [-0.39, 0.29) is 18.0 Å². The van der Waals surface area contributed by atoms with Crippen LogP contribution in [0.2, 0.25) is 0 Å². The number of alkyl halides is 1. The van der Waals surface area contributed by atoms with Gasteiger partial charge in [-0.1, -0.05) is 0 Å². The first-order chi connectivity index (χ1) is 7.15. The fourth-order valence-corrected chi connectivity index (χ4v) is 2.82. The number of fused-ring (bicyclic) bond motifs is 1. The van der Waals surface area contributed by atoms with Gasteiger partial charge in [0.1, 0.15) is 0 Å². The van der Waals surface area contributed by atoms with Crippen molar-refractivity contribution in [1.82, 2.24) is 10.6 Å². The zero-order valence-electron chi connectivity index (χ0n) is 8.58. The molecule has 0 bridgehead atoms. The molecule has 5 heteroatoms. The largest absolute Gasteiger partial charge is 0.481 e. The van der Waals surface area contributed by atoms with Crippen molar-refractivity contribution in [1.29, 1.82) is 0 Å². The molecule has 4 atom stereocenters. The molecule has 2 rings (SSSR count). The summed E-state index contributed by atoms with van der Waals surface area (Å²) in [5.74, 6) is -0.733. The van der Waals surface area contributed by atoms with Gasteiger partial charge in [0, 0.05) is 23.9 Å². The van der Waals surface area contributed by atoms with Crippen LogP contribution in [0.3, 0.4) is 0 Å². The summed E-state index contributed by atoms with van der Waals surface area (Å²) in [5.41, 5.74) is 0. The lowest BCUT2D eigenvalue weighted by molar-refractivity contribution is -0.137. The van der Waals surface area contributed by atoms with Crippen LogP contribution in [0.25, 0.3) is 0 Å². The minimum Gasteiger partial charge on any atom is -0.481 e. The van der Waals surface area contributed by atoms with Gasteiger partial charge in [0.25, 0.3) is 0 Å². The average molecular weight is 233 g/mol. The summed E-state index contributed by atoms with van der Waals surface area (Å²) < 4.78 is 0. The van der Waals surface area contributed by atoms with Crippen LogP contribution < -0.4 is 10.6 Å². The van der Waals surface area contributed by atoms with Crippen molar-refractivity contribution in [3.63, 3.8) is 0 Å². The Bertz CT molecular complexity index is 250. The molecule has 0 aromatic heterocycles. The van der Waals surface area contributed by atoms with Crippen LogP contribution in [0, 0.1) is 0 Å². The Labute approximate surface area is 94.4 Å². The van der Waals surface area contributed by atoms with Gasteiger partial charge >= 0.3 is 5.97 Å². The lowest BCUT2D eigenvalue weighted by Crippen LogP contribution is -2.39. The first kappa shape index (κ1) is 11.2. The van der Waals surface area contributed by atoms with Crippen LogP contribution in [-0.4, -0.2) is 34.7 Å². The van der Waals surface area contributed by atoms with Gasteiger partial charge in [-0.15, -0.1) is 11.6 Å². The Morgan fingerprint density at radius 3 is 2.80 bits per heavy atom. The fourth-order valence-electron chi connectivity index (χ4n) is 2.50. The smallest absolute Gasteiger partial charge is 0.303 e. The lowest BCUT2D eigenvalue weighted by atomic mass is 9.91. The SMILES string of the molecule is O=C(O)CCC1NC2CCC(Cl)CC2N1. The maximum Gasteiger partial charge on any atom is 0.303 e. The summed E-state index contributed by atoms with van der Waals surface area (Å²) in [7, 11) is 0. The van der Waals surface area contributed by atoms with E-state index in [1.807, 2.05) is 0 Å². The lowest BCUT2D eigenvalue weighted by Gasteiger charge is -2.27. The molecule has 1 aliphatic carbocycles. The molecule has 0 amide bonds. The van der Waals surface area contributed by atoms with E-state index in [1.165, 1.54) is 0 Å². The highest BCUT2D eigenvalue weighted by Gasteiger charge is 2.36. The van der Waals surface area contributed by atoms with Gasteiger partial charge in [-0.05, 0) is 25.7 Å². The van der Waals surface area contributed by atoms with Crippen molar-refractivity contribution in [2.75, 3.05) is 0 Å². The van der Waals surface area contributed by atoms with E-state index in [9.17, 15) is 4.79 Å². The van der Waals surface area contributed by atoms with Crippen molar-refractivity contribution >= 4 is 17.6 Å². The molecule has 0 radical (unpaired) electrons. The molecule has 0 spiro atoms. The van der Waals surface area contributed by atoms with E-state index in [2.05, 4.69) is 10.6 Å². The normalized spacial score (nSPS) is 40.1. The number of hydrogen-bond acceptors (Lipinski definition) is 3. The highest BCUT2D eigenvalue weighted by molar-refractivity contribution is 6.20. The van der Waals surface area contributed by atoms with Crippen molar-refractivity contribution in [2.24, 2.45) is 0 Å². The number of aliphatic carboxylic acids is 1. The van der Waals surface area contributed by atoms with Gasteiger partial charge in [0.2, 0.25) is 0 Å². The zero-order valence-corrected chi connectivity index (χ0v) is 9.33. The van der Waals surface area contributed by atoms with Crippen LogP contribution in [0.4, 0.5) is 0 Å². The molecule has 15 heavy (non-hydrogen) atoms. The van der Waals surface area contributed by atoms with Gasteiger partial charge in [-0.25, -0.2) is 0 Å². The fraction of sp³-hybridized carbons (Fsp3) is 0.900. The van der Waals surface area contributed by atoms with Crippen LogP contribution in [0.15, 0.2) is 0 Å². The standard InChI is InChI=1S/C10H17ClN2O2/c11-6-1-2-7-8(5-6)13-9(12-7)3-4-10(14)15/h6-9,12-13H,1-5H2,(H,14,15). The van der Waals surface area contributed by atoms with Crippen molar-refractivity contribution < 1.29 is 9.90 Å². The third kappa shape index (κ3) is 2.83. The molecular formula is C10H17ClN2O2. The molecule has 0 aromatic carbocycles. The van der Waals surface area contributed by atoms with Gasteiger partial charge in [-0.3, -0.25) is 15.4 Å². The minimum atomic E-state index is -0.733. The first-order valence-electron chi connectivity index (χ1n) is 5.53. The van der Waals surface area contributed by atoms with Crippen molar-refractivity contribution in [3.05, 3.63) is 0 Å². The highest BCUT2D eigenvalue weighted by Crippen LogP contribution is 2.27. The van der Waals surface area contributed by atoms with Gasteiger partial charge in [-0.2, -0.15) is 0 Å². The van der Waals surface area contributed by atoms with E-state index in [1.54, 1.807) is 0 Å². The third-order valence-corrected chi connectivity index (χ3v) is 3.66. The number of rotatable bonds is 3. The van der Waals surface area contributed by atoms with E-state index in [4.69, 9.17) is 16.7 Å². The summed E-state index contributed by atoms with van der Waals surface area (Å²) >= 11 is 6.10. The molecule has 1 saturated carbocycles. The molecule has 2 fully saturated rings. The summed E-state index contributed by atoms with van der Waals surface area (Å²) in [6, 6.07) is 0.916. The van der Waals surface area contributed by atoms with Gasteiger partial charge < -0.3 is 5.11 Å². The van der Waals surface area contributed by atoms with Crippen LogP contribution in [-0.2, 0) is 4.79 Å². The Morgan fingerprint density at radius 1 is 1.33 bits per heavy atom. The van der Waals surface area contributed by atoms with Crippen LogP contribution >= 0.6 is 11.6 Å². The monoisotopic (exact) mass is 232 g/mol. The second-order valence-electron chi connectivity index (χ2n) is 4.44.